The first kappa shape index (κ1) is 20.4. The molecular formula is C18H21N3O5S. The Kier molecular flexibility index (Phi) is 6.17. The summed E-state index contributed by atoms with van der Waals surface area (Å²) in [7, 11) is -3.86. The van der Waals surface area contributed by atoms with Crippen LogP contribution in [0, 0.1) is 10.1 Å². The molecule has 0 spiro atoms. The molecule has 2 aromatic carbocycles. The van der Waals surface area contributed by atoms with Crippen LogP contribution < -0.4 is 9.62 Å². The number of benzene rings is 2. The molecule has 0 saturated carbocycles. The molecule has 0 heterocycles. The van der Waals surface area contributed by atoms with Gasteiger partial charge in [0, 0.05) is 17.8 Å². The Morgan fingerprint density at radius 2 is 1.85 bits per heavy atom. The first-order valence-corrected chi connectivity index (χ1v) is 10.1. The number of carbonyl (C=O) groups is 1. The number of hydrogen-bond donors (Lipinski definition) is 1. The van der Waals surface area contributed by atoms with E-state index in [1.54, 1.807) is 12.1 Å². The third-order valence-electron chi connectivity index (χ3n) is 4.01. The number of hydrogen-bond acceptors (Lipinski definition) is 5. The number of anilines is 2. The molecule has 0 aliphatic carbocycles. The second kappa shape index (κ2) is 8.17. The molecule has 1 atom stereocenters. The number of amides is 1. The van der Waals surface area contributed by atoms with Crippen molar-refractivity contribution in [3.05, 3.63) is 64.2 Å². The number of nitro groups is 1. The zero-order valence-corrected chi connectivity index (χ0v) is 16.1. The molecule has 2 rings (SSSR count). The van der Waals surface area contributed by atoms with Gasteiger partial charge in [-0.25, -0.2) is 8.42 Å². The highest BCUT2D eigenvalue weighted by atomic mass is 32.2. The van der Waals surface area contributed by atoms with Crippen LogP contribution in [-0.4, -0.2) is 31.5 Å². The van der Waals surface area contributed by atoms with Crippen molar-refractivity contribution in [3.63, 3.8) is 0 Å². The fourth-order valence-corrected chi connectivity index (χ4v) is 3.79. The Hall–Kier alpha value is -2.94. The zero-order chi connectivity index (χ0) is 20.2. The first-order valence-electron chi connectivity index (χ1n) is 8.27. The molecule has 0 bridgehead atoms. The van der Waals surface area contributed by atoms with Crippen molar-refractivity contribution in [1.82, 2.24) is 0 Å². The number of sulfonamides is 1. The number of rotatable bonds is 7. The van der Waals surface area contributed by atoms with Crippen molar-refractivity contribution in [2.24, 2.45) is 0 Å². The molecule has 1 N–H and O–H groups in total. The molecule has 1 unspecified atom stereocenters. The largest absolute Gasteiger partial charge is 0.324 e. The summed E-state index contributed by atoms with van der Waals surface area (Å²) in [4.78, 5) is 23.0. The van der Waals surface area contributed by atoms with E-state index in [9.17, 15) is 23.3 Å². The summed E-state index contributed by atoms with van der Waals surface area (Å²) in [5.74, 6) is -0.545. The number of nitro benzene ring substituents is 1. The lowest BCUT2D eigenvalue weighted by Gasteiger charge is -2.28. The normalized spacial score (nSPS) is 12.3. The monoisotopic (exact) mass is 391 g/mol. The van der Waals surface area contributed by atoms with Gasteiger partial charge < -0.3 is 5.32 Å². The summed E-state index contributed by atoms with van der Waals surface area (Å²) >= 11 is 0. The molecule has 8 nitrogen and oxygen atoms in total. The Bertz CT molecular complexity index is 942. The minimum Gasteiger partial charge on any atom is -0.324 e. The summed E-state index contributed by atoms with van der Waals surface area (Å²) in [6.07, 6.45) is 1.81. The maximum absolute atomic E-state index is 12.6. The highest BCUT2D eigenvalue weighted by molar-refractivity contribution is 7.92. The molecule has 27 heavy (non-hydrogen) atoms. The van der Waals surface area contributed by atoms with Gasteiger partial charge in [-0.1, -0.05) is 25.1 Å². The Labute approximate surface area is 158 Å². The smallest absolute Gasteiger partial charge is 0.271 e. The molecule has 0 aliphatic rings. The molecular weight excluding hydrogens is 370 g/mol. The van der Waals surface area contributed by atoms with Crippen LogP contribution in [0.1, 0.15) is 19.4 Å². The van der Waals surface area contributed by atoms with Crippen LogP contribution in [0.25, 0.3) is 0 Å². The van der Waals surface area contributed by atoms with Gasteiger partial charge in [0.1, 0.15) is 6.04 Å². The molecule has 144 valence electrons. The van der Waals surface area contributed by atoms with Crippen molar-refractivity contribution in [3.8, 4) is 0 Å². The van der Waals surface area contributed by atoms with Crippen molar-refractivity contribution >= 4 is 33.0 Å². The molecule has 0 aliphatic heterocycles. The topological polar surface area (TPSA) is 110 Å². The molecule has 9 heteroatoms. The van der Waals surface area contributed by atoms with E-state index in [1.807, 2.05) is 19.1 Å². The van der Waals surface area contributed by atoms with Gasteiger partial charge in [-0.2, -0.15) is 0 Å². The second-order valence-electron chi connectivity index (χ2n) is 6.05. The highest BCUT2D eigenvalue weighted by Gasteiger charge is 2.30. The van der Waals surface area contributed by atoms with Gasteiger partial charge in [0.15, 0.2) is 0 Å². The van der Waals surface area contributed by atoms with Gasteiger partial charge in [-0.05, 0) is 37.1 Å². The van der Waals surface area contributed by atoms with Gasteiger partial charge in [0.25, 0.3) is 5.69 Å². The summed E-state index contributed by atoms with van der Waals surface area (Å²) < 4.78 is 25.4. The lowest BCUT2D eigenvalue weighted by Crippen LogP contribution is -2.45. The summed E-state index contributed by atoms with van der Waals surface area (Å²) in [6.45, 7) is 3.44. The van der Waals surface area contributed by atoms with Gasteiger partial charge in [0.2, 0.25) is 15.9 Å². The Balaban J connectivity index is 2.31. The van der Waals surface area contributed by atoms with E-state index in [2.05, 4.69) is 5.32 Å². The van der Waals surface area contributed by atoms with Crippen LogP contribution in [0.15, 0.2) is 48.5 Å². The van der Waals surface area contributed by atoms with Crippen molar-refractivity contribution in [1.29, 1.82) is 0 Å². The van der Waals surface area contributed by atoms with Gasteiger partial charge >= 0.3 is 0 Å². The van der Waals surface area contributed by atoms with Crippen LogP contribution in [-0.2, 0) is 21.2 Å². The minimum absolute atomic E-state index is 0.0516. The summed E-state index contributed by atoms with van der Waals surface area (Å²) in [5.41, 5.74) is 1.44. The van der Waals surface area contributed by atoms with Crippen LogP contribution in [0.3, 0.4) is 0 Å². The van der Waals surface area contributed by atoms with Gasteiger partial charge in [-0.15, -0.1) is 0 Å². The number of aryl methyl sites for hydroxylation is 1. The Morgan fingerprint density at radius 1 is 1.22 bits per heavy atom. The lowest BCUT2D eigenvalue weighted by molar-refractivity contribution is -0.384. The van der Waals surface area contributed by atoms with E-state index in [4.69, 9.17) is 0 Å². The third-order valence-corrected chi connectivity index (χ3v) is 5.25. The minimum atomic E-state index is -3.86. The van der Waals surface area contributed by atoms with E-state index in [1.165, 1.54) is 25.1 Å². The summed E-state index contributed by atoms with van der Waals surface area (Å²) in [5, 5.41) is 13.7. The Morgan fingerprint density at radius 3 is 2.37 bits per heavy atom. The maximum Gasteiger partial charge on any atom is 0.271 e. The zero-order valence-electron chi connectivity index (χ0n) is 15.2. The number of nitrogens with zero attached hydrogens (tertiary/aromatic N) is 2. The summed E-state index contributed by atoms with van der Waals surface area (Å²) in [6, 6.07) is 11.3. The SMILES string of the molecule is CCc1ccc(NC(=O)C(C)N(c2cccc([N+](=O)[O-])c2)S(C)(=O)=O)cc1. The van der Waals surface area contributed by atoms with E-state index in [0.717, 1.165) is 28.6 Å². The predicted molar refractivity (Wildman–Crippen MR) is 104 cm³/mol. The van der Waals surface area contributed by atoms with Crippen molar-refractivity contribution in [2.45, 2.75) is 26.3 Å². The van der Waals surface area contributed by atoms with Crippen LogP contribution in [0.5, 0.6) is 0 Å². The standard InChI is InChI=1S/C18H21N3O5S/c1-4-14-8-10-15(11-9-14)19-18(22)13(2)20(27(3,25)26)16-6-5-7-17(12-16)21(23)24/h5-13H,4H2,1-3H3,(H,19,22). The van der Waals surface area contributed by atoms with E-state index < -0.39 is 26.9 Å². The van der Waals surface area contributed by atoms with Crippen LogP contribution >= 0.6 is 0 Å². The average molecular weight is 391 g/mol. The fourth-order valence-electron chi connectivity index (χ4n) is 2.62. The van der Waals surface area contributed by atoms with E-state index in [-0.39, 0.29) is 11.4 Å². The molecule has 1 amide bonds. The predicted octanol–water partition coefficient (Wildman–Crippen LogP) is 2.95. The van der Waals surface area contributed by atoms with Crippen LogP contribution in [0.2, 0.25) is 0 Å². The second-order valence-corrected chi connectivity index (χ2v) is 7.91. The maximum atomic E-state index is 12.6. The van der Waals surface area contributed by atoms with Gasteiger partial charge in [0.05, 0.1) is 16.9 Å². The van der Waals surface area contributed by atoms with Crippen LogP contribution in [0.4, 0.5) is 17.1 Å². The van der Waals surface area contributed by atoms with E-state index >= 15 is 0 Å². The van der Waals surface area contributed by atoms with Gasteiger partial charge in [-0.3, -0.25) is 19.2 Å². The van der Waals surface area contributed by atoms with Crippen molar-refractivity contribution < 1.29 is 18.1 Å². The quantitative estimate of drug-likeness (QED) is 0.576. The number of carbonyl (C=O) groups excluding carboxylic acids is 1. The average Bonchev–Trinajstić information content (AvgIpc) is 2.61. The lowest BCUT2D eigenvalue weighted by atomic mass is 10.1. The molecule has 0 saturated heterocycles. The molecule has 0 fully saturated rings. The first-order chi connectivity index (χ1) is 12.6. The third kappa shape index (κ3) is 5.04. The van der Waals surface area contributed by atoms with Crippen molar-refractivity contribution in [2.75, 3.05) is 15.9 Å². The van der Waals surface area contributed by atoms with E-state index in [0.29, 0.717) is 5.69 Å². The fraction of sp³-hybridized carbons (Fsp3) is 0.278. The molecule has 2 aromatic rings. The molecule has 0 radical (unpaired) electrons. The molecule has 0 aromatic heterocycles. The number of nitrogens with one attached hydrogen (secondary N) is 1. The number of non-ortho nitro benzene ring substituents is 1. The highest BCUT2D eigenvalue weighted by Crippen LogP contribution is 2.25.